The smallest absolute Gasteiger partial charge is 0.334 e. The first-order valence-electron chi connectivity index (χ1n) is 9.74. The summed E-state index contributed by atoms with van der Waals surface area (Å²) in [7, 11) is 0. The largest absolute Gasteiger partial charge is 0.494 e. The molecule has 0 heterocycles. The van der Waals surface area contributed by atoms with E-state index in [1.165, 1.54) is 5.56 Å². The first kappa shape index (κ1) is 19.0. The highest BCUT2D eigenvalue weighted by Gasteiger charge is 2.34. The lowest BCUT2D eigenvalue weighted by Crippen LogP contribution is -2.16. The Bertz CT molecular complexity index is 1040. The van der Waals surface area contributed by atoms with Crippen molar-refractivity contribution < 1.29 is 14.6 Å². The van der Waals surface area contributed by atoms with Gasteiger partial charge < -0.3 is 15.6 Å². The molecule has 0 spiro atoms. The Kier molecular flexibility index (Phi) is 5.45. The van der Waals surface area contributed by atoms with Gasteiger partial charge in [0.2, 0.25) is 0 Å². The Labute approximate surface area is 170 Å². The fourth-order valence-electron chi connectivity index (χ4n) is 3.84. The standard InChI is InChI=1S/C25H23NO3/c26-24-21-16-19(29-15-7-10-17-8-3-1-4-9-17)13-14-20(21)22(23(24)25(27)28)18-11-5-2-6-12-18/h1-6,8-9,11-14,16,24H,7,10,15,26H2,(H,27,28). The predicted molar refractivity (Wildman–Crippen MR) is 114 cm³/mol. The number of carboxylic acid groups (broad SMARTS) is 1. The van der Waals surface area contributed by atoms with Gasteiger partial charge in [0.05, 0.1) is 18.2 Å². The van der Waals surface area contributed by atoms with E-state index < -0.39 is 12.0 Å². The summed E-state index contributed by atoms with van der Waals surface area (Å²) in [6.07, 6.45) is 1.86. The van der Waals surface area contributed by atoms with Gasteiger partial charge in [-0.15, -0.1) is 0 Å². The van der Waals surface area contributed by atoms with Crippen molar-refractivity contribution in [1.82, 2.24) is 0 Å². The monoisotopic (exact) mass is 385 g/mol. The van der Waals surface area contributed by atoms with Crippen LogP contribution in [-0.4, -0.2) is 17.7 Å². The Morgan fingerprint density at radius 1 is 0.966 bits per heavy atom. The molecule has 1 unspecified atom stereocenters. The van der Waals surface area contributed by atoms with Gasteiger partial charge in [0.15, 0.2) is 0 Å². The molecule has 0 aliphatic heterocycles. The number of carbonyl (C=O) groups is 1. The maximum atomic E-state index is 11.9. The van der Waals surface area contributed by atoms with Gasteiger partial charge in [0.25, 0.3) is 0 Å². The quantitative estimate of drug-likeness (QED) is 0.583. The summed E-state index contributed by atoms with van der Waals surface area (Å²) in [4.78, 5) is 11.9. The molecule has 146 valence electrons. The van der Waals surface area contributed by atoms with Crippen molar-refractivity contribution in [2.75, 3.05) is 6.61 Å². The van der Waals surface area contributed by atoms with Gasteiger partial charge in [0, 0.05) is 5.57 Å². The van der Waals surface area contributed by atoms with Crippen molar-refractivity contribution in [2.45, 2.75) is 18.9 Å². The number of hydrogen-bond acceptors (Lipinski definition) is 3. The predicted octanol–water partition coefficient (Wildman–Crippen LogP) is 4.60. The molecule has 4 nitrogen and oxygen atoms in total. The molecule has 0 saturated carbocycles. The van der Waals surface area contributed by atoms with E-state index in [1.807, 2.05) is 66.7 Å². The minimum Gasteiger partial charge on any atom is -0.494 e. The number of aryl methyl sites for hydroxylation is 1. The summed E-state index contributed by atoms with van der Waals surface area (Å²) in [6.45, 7) is 0.591. The van der Waals surface area contributed by atoms with Crippen molar-refractivity contribution in [2.24, 2.45) is 5.73 Å². The molecule has 0 saturated heterocycles. The maximum Gasteiger partial charge on any atom is 0.334 e. The first-order valence-corrected chi connectivity index (χ1v) is 9.74. The van der Waals surface area contributed by atoms with Crippen LogP contribution in [0.3, 0.4) is 0 Å². The number of nitrogens with two attached hydrogens (primary N) is 1. The number of hydrogen-bond donors (Lipinski definition) is 2. The van der Waals surface area contributed by atoms with E-state index in [-0.39, 0.29) is 5.57 Å². The molecule has 3 aromatic carbocycles. The zero-order valence-corrected chi connectivity index (χ0v) is 16.0. The Morgan fingerprint density at radius 2 is 1.66 bits per heavy atom. The number of ether oxygens (including phenoxy) is 1. The third kappa shape index (κ3) is 3.93. The summed E-state index contributed by atoms with van der Waals surface area (Å²) in [5.74, 6) is -0.274. The highest BCUT2D eigenvalue weighted by atomic mass is 16.5. The lowest BCUT2D eigenvalue weighted by atomic mass is 9.97. The average molecular weight is 385 g/mol. The van der Waals surface area contributed by atoms with Crippen molar-refractivity contribution >= 4 is 11.5 Å². The second-order valence-electron chi connectivity index (χ2n) is 7.12. The van der Waals surface area contributed by atoms with E-state index in [1.54, 1.807) is 0 Å². The van der Waals surface area contributed by atoms with Crippen LogP contribution < -0.4 is 10.5 Å². The second kappa shape index (κ2) is 8.33. The zero-order chi connectivity index (χ0) is 20.2. The lowest BCUT2D eigenvalue weighted by molar-refractivity contribution is -0.132. The van der Waals surface area contributed by atoms with Crippen LogP contribution in [0.25, 0.3) is 5.57 Å². The van der Waals surface area contributed by atoms with Crippen LogP contribution in [0, 0.1) is 0 Å². The van der Waals surface area contributed by atoms with E-state index in [2.05, 4.69) is 12.1 Å². The van der Waals surface area contributed by atoms with Crippen LogP contribution in [0.15, 0.2) is 84.4 Å². The van der Waals surface area contributed by atoms with Crippen LogP contribution >= 0.6 is 0 Å². The minimum absolute atomic E-state index is 0.229. The molecule has 0 fully saturated rings. The Morgan fingerprint density at radius 3 is 2.34 bits per heavy atom. The van der Waals surface area contributed by atoms with E-state index in [0.29, 0.717) is 17.9 Å². The lowest BCUT2D eigenvalue weighted by Gasteiger charge is -2.11. The third-order valence-electron chi connectivity index (χ3n) is 5.22. The van der Waals surface area contributed by atoms with Gasteiger partial charge in [-0.2, -0.15) is 0 Å². The van der Waals surface area contributed by atoms with E-state index in [4.69, 9.17) is 10.5 Å². The molecule has 4 rings (SSSR count). The van der Waals surface area contributed by atoms with E-state index in [0.717, 1.165) is 29.5 Å². The SMILES string of the molecule is NC1C(C(=O)O)=C(c2ccccc2)c2ccc(OCCCc3ccccc3)cc21. The molecule has 29 heavy (non-hydrogen) atoms. The van der Waals surface area contributed by atoms with Gasteiger partial charge >= 0.3 is 5.97 Å². The summed E-state index contributed by atoms with van der Waals surface area (Å²) >= 11 is 0. The van der Waals surface area contributed by atoms with Crippen LogP contribution in [0.1, 0.15) is 34.7 Å². The molecule has 0 aromatic heterocycles. The van der Waals surface area contributed by atoms with E-state index in [9.17, 15) is 9.90 Å². The third-order valence-corrected chi connectivity index (χ3v) is 5.22. The number of fused-ring (bicyclic) bond motifs is 1. The van der Waals surface area contributed by atoms with E-state index >= 15 is 0 Å². The maximum absolute atomic E-state index is 11.9. The van der Waals surface area contributed by atoms with Crippen LogP contribution in [-0.2, 0) is 11.2 Å². The van der Waals surface area contributed by atoms with Crippen molar-refractivity contribution in [3.05, 3.63) is 107 Å². The fourth-order valence-corrected chi connectivity index (χ4v) is 3.84. The molecule has 0 amide bonds. The molecule has 0 radical (unpaired) electrons. The Balaban J connectivity index is 1.52. The number of benzene rings is 3. The molecular weight excluding hydrogens is 362 g/mol. The highest BCUT2D eigenvalue weighted by molar-refractivity contribution is 6.05. The highest BCUT2D eigenvalue weighted by Crippen LogP contribution is 2.43. The van der Waals surface area contributed by atoms with Crippen molar-refractivity contribution in [3.8, 4) is 5.75 Å². The van der Waals surface area contributed by atoms with Gasteiger partial charge in [-0.1, -0.05) is 66.7 Å². The Hall–Kier alpha value is -3.37. The molecular formula is C25H23NO3. The topological polar surface area (TPSA) is 72.6 Å². The van der Waals surface area contributed by atoms with Crippen molar-refractivity contribution in [3.63, 3.8) is 0 Å². The number of carboxylic acids is 1. The molecule has 1 aliphatic rings. The van der Waals surface area contributed by atoms with Crippen LogP contribution in [0.4, 0.5) is 0 Å². The second-order valence-corrected chi connectivity index (χ2v) is 7.12. The van der Waals surface area contributed by atoms with Gasteiger partial charge in [0.1, 0.15) is 5.75 Å². The number of aliphatic carboxylic acids is 1. The van der Waals surface area contributed by atoms with Crippen molar-refractivity contribution in [1.29, 1.82) is 0 Å². The molecule has 1 aliphatic carbocycles. The summed E-state index contributed by atoms with van der Waals surface area (Å²) < 4.78 is 5.92. The van der Waals surface area contributed by atoms with Gasteiger partial charge in [-0.05, 0) is 47.2 Å². The van der Waals surface area contributed by atoms with Crippen LogP contribution in [0.2, 0.25) is 0 Å². The minimum atomic E-state index is -0.988. The normalized spacial score (nSPS) is 15.3. The number of rotatable bonds is 7. The molecule has 3 N–H and O–H groups in total. The molecule has 4 heteroatoms. The fraction of sp³-hybridized carbons (Fsp3) is 0.160. The molecule has 1 atom stereocenters. The van der Waals surface area contributed by atoms with Gasteiger partial charge in [-0.3, -0.25) is 0 Å². The first-order chi connectivity index (χ1) is 14.1. The summed E-state index contributed by atoms with van der Waals surface area (Å²) in [6, 6.07) is 24.8. The van der Waals surface area contributed by atoms with Gasteiger partial charge in [-0.25, -0.2) is 4.79 Å². The summed E-state index contributed by atoms with van der Waals surface area (Å²) in [5.41, 5.74) is 11.0. The molecule has 3 aromatic rings. The summed E-state index contributed by atoms with van der Waals surface area (Å²) in [5, 5.41) is 9.77. The average Bonchev–Trinajstić information content (AvgIpc) is 3.05. The zero-order valence-electron chi connectivity index (χ0n) is 16.0. The molecule has 0 bridgehead atoms. The van der Waals surface area contributed by atoms with Crippen LogP contribution in [0.5, 0.6) is 5.75 Å².